The second kappa shape index (κ2) is 37.8. The molecule has 20 heteroatoms. The zero-order valence-corrected chi connectivity index (χ0v) is 34.7. The molecule has 0 aromatic carbocycles. The van der Waals surface area contributed by atoms with Crippen LogP contribution in [-0.2, 0) is 57.3 Å². The zero-order valence-electron chi connectivity index (χ0n) is 34.7. The normalized spacial score (nSPS) is 11.9. The fraction of sp³-hybridized carbons (Fsp3) is 0.795. The topological polar surface area (TPSA) is 294 Å². The molecule has 0 rings (SSSR count). The van der Waals surface area contributed by atoms with Crippen molar-refractivity contribution in [2.75, 3.05) is 72.5 Å². The molecule has 0 heterocycles. The SMILES string of the molecule is CCCCCNC(=O)COCCOCCNC(=O)COCCOCCNC(=O)CC[C@H](NC(=O)CC[C@H](NC(=O)CCCCCCCCCCC(=O)O)C(=O)O)C(=O)O. The Hall–Kier alpha value is -4.40. The predicted octanol–water partition coefficient (Wildman–Crippen LogP) is 1.28. The van der Waals surface area contributed by atoms with Gasteiger partial charge in [0.25, 0.3) is 0 Å². The number of carboxylic acid groups (broad SMARTS) is 3. The third-order valence-corrected chi connectivity index (χ3v) is 8.58. The first-order valence-electron chi connectivity index (χ1n) is 20.7. The number of hydrogen-bond acceptors (Lipinski definition) is 12. The molecule has 8 N–H and O–H groups in total. The number of hydrogen-bond donors (Lipinski definition) is 8. The van der Waals surface area contributed by atoms with Crippen LogP contribution >= 0.6 is 0 Å². The Morgan fingerprint density at radius 1 is 0.424 bits per heavy atom. The number of rotatable bonds is 41. The molecule has 0 aliphatic heterocycles. The van der Waals surface area contributed by atoms with Crippen LogP contribution < -0.4 is 26.6 Å². The molecule has 0 aromatic rings. The Balaban J connectivity index is 3.98. The van der Waals surface area contributed by atoms with Gasteiger partial charge in [0.1, 0.15) is 25.3 Å². The minimum absolute atomic E-state index is 0.0283. The van der Waals surface area contributed by atoms with Crippen LogP contribution in [0.1, 0.15) is 116 Å². The number of nitrogens with one attached hydrogen (secondary N) is 5. The molecule has 0 bridgehead atoms. The summed E-state index contributed by atoms with van der Waals surface area (Å²) in [7, 11) is 0. The fourth-order valence-electron chi connectivity index (χ4n) is 5.31. The summed E-state index contributed by atoms with van der Waals surface area (Å²) in [6.07, 6.45) is 9.00. The summed E-state index contributed by atoms with van der Waals surface area (Å²) < 4.78 is 21.2. The number of carboxylic acids is 3. The van der Waals surface area contributed by atoms with E-state index in [4.69, 9.17) is 24.1 Å². The number of aliphatic carboxylic acids is 3. The Morgan fingerprint density at radius 2 is 0.831 bits per heavy atom. The maximum atomic E-state index is 12.4. The van der Waals surface area contributed by atoms with Gasteiger partial charge in [-0.2, -0.15) is 0 Å². The second-order valence-corrected chi connectivity index (χ2v) is 13.8. The van der Waals surface area contributed by atoms with Gasteiger partial charge in [-0.15, -0.1) is 0 Å². The quantitative estimate of drug-likeness (QED) is 0.0402. The second-order valence-electron chi connectivity index (χ2n) is 13.8. The standard InChI is InChI=1S/C39H69N5O15/c1-2-3-12-19-40-35(48)28-58-26-25-57-23-21-42-36(49)29-59-27-24-56-22-20-41-32(45)17-15-30(38(52)53)44-34(47)18-16-31(39(54)55)43-33(46)13-10-8-6-4-5-7-9-11-14-37(50)51/h30-31H,2-29H2,1H3,(H,40,48)(H,41,45)(H,42,49)(H,43,46)(H,44,47)(H,50,51)(H,52,53)(H,54,55)/t30-,31-/m0/s1. The van der Waals surface area contributed by atoms with Gasteiger partial charge in [0.05, 0.1) is 39.6 Å². The number of unbranched alkanes of at least 4 members (excludes halogenated alkanes) is 9. The van der Waals surface area contributed by atoms with E-state index in [2.05, 4.69) is 33.5 Å². The van der Waals surface area contributed by atoms with Crippen molar-refractivity contribution in [3.8, 4) is 0 Å². The zero-order chi connectivity index (χ0) is 43.9. The van der Waals surface area contributed by atoms with Gasteiger partial charge >= 0.3 is 17.9 Å². The van der Waals surface area contributed by atoms with Crippen LogP contribution in [0.5, 0.6) is 0 Å². The summed E-state index contributed by atoms with van der Waals surface area (Å²) in [6, 6.07) is -2.72. The van der Waals surface area contributed by atoms with E-state index in [1.807, 2.05) is 0 Å². The van der Waals surface area contributed by atoms with E-state index in [9.17, 15) is 48.6 Å². The van der Waals surface area contributed by atoms with E-state index in [1.165, 1.54) is 0 Å². The molecule has 0 spiro atoms. The Kier molecular flexibility index (Phi) is 35.0. The molecular weight excluding hydrogens is 778 g/mol. The predicted molar refractivity (Wildman–Crippen MR) is 213 cm³/mol. The van der Waals surface area contributed by atoms with Crippen LogP contribution in [0.4, 0.5) is 0 Å². The van der Waals surface area contributed by atoms with Crippen molar-refractivity contribution >= 4 is 47.4 Å². The lowest BCUT2D eigenvalue weighted by Gasteiger charge is -2.17. The molecule has 0 aliphatic rings. The van der Waals surface area contributed by atoms with Crippen molar-refractivity contribution in [1.29, 1.82) is 0 Å². The van der Waals surface area contributed by atoms with Crippen molar-refractivity contribution in [1.82, 2.24) is 26.6 Å². The van der Waals surface area contributed by atoms with Gasteiger partial charge in [-0.25, -0.2) is 9.59 Å². The van der Waals surface area contributed by atoms with Crippen molar-refractivity contribution in [2.24, 2.45) is 0 Å². The van der Waals surface area contributed by atoms with Crippen molar-refractivity contribution < 1.29 is 72.6 Å². The van der Waals surface area contributed by atoms with Crippen LogP contribution in [0.25, 0.3) is 0 Å². The summed E-state index contributed by atoms with van der Waals surface area (Å²) in [5.74, 6) is -5.66. The van der Waals surface area contributed by atoms with E-state index in [1.54, 1.807) is 0 Å². The first kappa shape index (κ1) is 54.6. The Bertz CT molecular complexity index is 1220. The van der Waals surface area contributed by atoms with E-state index in [-0.39, 0.29) is 116 Å². The molecule has 0 unspecified atom stereocenters. The molecule has 20 nitrogen and oxygen atoms in total. The van der Waals surface area contributed by atoms with E-state index < -0.39 is 47.7 Å². The molecule has 0 aromatic heterocycles. The lowest BCUT2D eigenvalue weighted by molar-refractivity contribution is -0.143. The van der Waals surface area contributed by atoms with Gasteiger partial charge in [0, 0.05) is 45.3 Å². The number of carbonyl (C=O) groups is 8. The highest BCUT2D eigenvalue weighted by atomic mass is 16.5. The highest BCUT2D eigenvalue weighted by Crippen LogP contribution is 2.11. The molecule has 0 radical (unpaired) electrons. The van der Waals surface area contributed by atoms with Crippen LogP contribution in [0, 0.1) is 0 Å². The summed E-state index contributed by atoms with van der Waals surface area (Å²) in [4.78, 5) is 94.2. The van der Waals surface area contributed by atoms with E-state index >= 15 is 0 Å². The third kappa shape index (κ3) is 36.4. The van der Waals surface area contributed by atoms with Gasteiger partial charge in [-0.05, 0) is 32.1 Å². The number of ether oxygens (including phenoxy) is 4. The first-order chi connectivity index (χ1) is 28.3. The molecule has 5 amide bonds. The summed E-state index contributed by atoms with van der Waals surface area (Å²) in [5, 5.41) is 40.3. The van der Waals surface area contributed by atoms with Gasteiger partial charge in [-0.1, -0.05) is 58.3 Å². The lowest BCUT2D eigenvalue weighted by atomic mass is 10.1. The molecule has 0 saturated carbocycles. The van der Waals surface area contributed by atoms with Crippen LogP contribution in [0.15, 0.2) is 0 Å². The molecule has 2 atom stereocenters. The van der Waals surface area contributed by atoms with Crippen molar-refractivity contribution in [2.45, 2.75) is 128 Å². The van der Waals surface area contributed by atoms with Crippen molar-refractivity contribution in [3.63, 3.8) is 0 Å². The summed E-state index contributed by atoms with van der Waals surface area (Å²) >= 11 is 0. The molecule has 340 valence electrons. The van der Waals surface area contributed by atoms with Crippen LogP contribution in [0.3, 0.4) is 0 Å². The van der Waals surface area contributed by atoms with Gasteiger partial charge in [-0.3, -0.25) is 28.8 Å². The molecule has 59 heavy (non-hydrogen) atoms. The van der Waals surface area contributed by atoms with Gasteiger partial charge < -0.3 is 60.9 Å². The Morgan fingerprint density at radius 3 is 1.31 bits per heavy atom. The largest absolute Gasteiger partial charge is 0.481 e. The highest BCUT2D eigenvalue weighted by Gasteiger charge is 2.24. The maximum Gasteiger partial charge on any atom is 0.326 e. The maximum absolute atomic E-state index is 12.4. The highest BCUT2D eigenvalue weighted by molar-refractivity contribution is 5.86. The van der Waals surface area contributed by atoms with E-state index in [0.29, 0.717) is 19.4 Å². The van der Waals surface area contributed by atoms with Gasteiger partial charge in [0.2, 0.25) is 29.5 Å². The monoisotopic (exact) mass is 847 g/mol. The lowest BCUT2D eigenvalue weighted by Crippen LogP contribution is -2.44. The smallest absolute Gasteiger partial charge is 0.326 e. The molecular formula is C39H69N5O15. The average molecular weight is 848 g/mol. The van der Waals surface area contributed by atoms with Gasteiger partial charge in [0.15, 0.2) is 0 Å². The molecule has 0 saturated heterocycles. The average Bonchev–Trinajstić information content (AvgIpc) is 3.18. The number of amides is 5. The minimum Gasteiger partial charge on any atom is -0.481 e. The molecule has 0 fully saturated rings. The van der Waals surface area contributed by atoms with Crippen LogP contribution in [0.2, 0.25) is 0 Å². The third-order valence-electron chi connectivity index (χ3n) is 8.58. The van der Waals surface area contributed by atoms with Crippen molar-refractivity contribution in [3.05, 3.63) is 0 Å². The van der Waals surface area contributed by atoms with E-state index in [0.717, 1.165) is 57.8 Å². The van der Waals surface area contributed by atoms with Crippen LogP contribution in [-0.4, -0.2) is 147 Å². The minimum atomic E-state index is -1.39. The summed E-state index contributed by atoms with van der Waals surface area (Å²) in [6.45, 7) is 4.13. The number of carbonyl (C=O) groups excluding carboxylic acids is 5. The summed E-state index contributed by atoms with van der Waals surface area (Å²) in [5.41, 5.74) is 0. The Labute approximate surface area is 346 Å². The fourth-order valence-corrected chi connectivity index (χ4v) is 5.31. The first-order valence-corrected chi connectivity index (χ1v) is 20.7. The molecule has 0 aliphatic carbocycles.